The highest BCUT2D eigenvalue weighted by Gasteiger charge is 2.21. The van der Waals surface area contributed by atoms with E-state index in [0.717, 1.165) is 5.56 Å². The van der Waals surface area contributed by atoms with Gasteiger partial charge in [-0.25, -0.2) is 9.20 Å². The van der Waals surface area contributed by atoms with Crippen LogP contribution in [0.1, 0.15) is 26.3 Å². The number of nitrogens with zero attached hydrogens (tertiary/aromatic N) is 4. The first-order valence-electron chi connectivity index (χ1n) is 11.6. The molecule has 0 aliphatic rings. The quantitative estimate of drug-likeness (QED) is 0.341. The lowest BCUT2D eigenvalue weighted by Gasteiger charge is -2.24. The molecule has 1 atom stereocenters. The summed E-state index contributed by atoms with van der Waals surface area (Å²) in [5.41, 5.74) is 1.41. The normalized spacial score (nSPS) is 12.4. The van der Waals surface area contributed by atoms with Gasteiger partial charge in [0.25, 0.3) is 0 Å². The zero-order valence-electron chi connectivity index (χ0n) is 20.6. The van der Waals surface area contributed by atoms with Crippen LogP contribution < -0.4 is 14.8 Å². The smallest absolute Gasteiger partial charge is 0.408 e. The molecule has 0 bridgehead atoms. The minimum absolute atomic E-state index is 0.0303. The average Bonchev–Trinajstić information content (AvgIpc) is 3.27. The number of amides is 1. The van der Waals surface area contributed by atoms with Crippen molar-refractivity contribution in [2.75, 3.05) is 6.61 Å². The molecule has 0 saturated carbocycles. The summed E-state index contributed by atoms with van der Waals surface area (Å²) in [5, 5.41) is 11.2. The van der Waals surface area contributed by atoms with Crippen LogP contribution in [0, 0.1) is 0 Å². The lowest BCUT2D eigenvalue weighted by molar-refractivity contribution is -0.0498. The lowest BCUT2D eigenvalue weighted by atomic mass is 10.1. The molecule has 11 heteroatoms. The van der Waals surface area contributed by atoms with Gasteiger partial charge in [0.1, 0.15) is 18.0 Å². The van der Waals surface area contributed by atoms with Crippen LogP contribution >= 0.6 is 0 Å². The summed E-state index contributed by atoms with van der Waals surface area (Å²) in [5.74, 6) is 0.799. The Bertz CT molecular complexity index is 1320. The van der Waals surface area contributed by atoms with Crippen molar-refractivity contribution in [1.29, 1.82) is 0 Å². The Morgan fingerprint density at radius 1 is 1.03 bits per heavy atom. The van der Waals surface area contributed by atoms with Crippen molar-refractivity contribution in [2.45, 2.75) is 45.4 Å². The number of fused-ring (bicyclic) bond motifs is 1. The summed E-state index contributed by atoms with van der Waals surface area (Å²) < 4.78 is 42.6. The standard InChI is InChI=1S/C26H27F2N5O4/c1-26(2,3)37-25(34)30-19(13-17-7-5-4-6-8-17)16-35-22-15-29-14-21-31-32-23(33(21)22)18-9-11-20(12-10-18)36-24(27)28/h4-12,14-15,19,24H,13,16H2,1-3H3,(H,30,34). The second kappa shape index (κ2) is 11.2. The number of halogens is 2. The van der Waals surface area contributed by atoms with Crippen molar-refractivity contribution in [1.82, 2.24) is 24.9 Å². The predicted molar refractivity (Wildman–Crippen MR) is 132 cm³/mol. The molecule has 1 unspecified atom stereocenters. The van der Waals surface area contributed by atoms with Crippen molar-refractivity contribution < 1.29 is 27.8 Å². The fraction of sp³-hybridized carbons (Fsp3) is 0.308. The molecule has 2 aromatic carbocycles. The molecule has 0 aliphatic carbocycles. The van der Waals surface area contributed by atoms with Gasteiger partial charge >= 0.3 is 12.7 Å². The Hall–Kier alpha value is -4.28. The number of alkyl carbamates (subject to hydrolysis) is 1. The van der Waals surface area contributed by atoms with Gasteiger partial charge in [-0.3, -0.25) is 4.98 Å². The number of alkyl halides is 2. The second-order valence-electron chi connectivity index (χ2n) is 9.21. The Labute approximate surface area is 212 Å². The van der Waals surface area contributed by atoms with Gasteiger partial charge in [0.05, 0.1) is 18.4 Å². The summed E-state index contributed by atoms with van der Waals surface area (Å²) in [4.78, 5) is 16.7. The highest BCUT2D eigenvalue weighted by atomic mass is 19.3. The summed E-state index contributed by atoms with van der Waals surface area (Å²) in [6.45, 7) is 2.57. The van der Waals surface area contributed by atoms with E-state index in [1.54, 1.807) is 37.3 Å². The molecule has 0 spiro atoms. The molecule has 194 valence electrons. The summed E-state index contributed by atoms with van der Waals surface area (Å²) >= 11 is 0. The molecule has 9 nitrogen and oxygen atoms in total. The molecular weight excluding hydrogens is 484 g/mol. The number of rotatable bonds is 9. The molecule has 0 radical (unpaired) electrons. The molecule has 1 amide bonds. The van der Waals surface area contributed by atoms with Gasteiger partial charge < -0.3 is 19.5 Å². The van der Waals surface area contributed by atoms with Gasteiger partial charge in [0.15, 0.2) is 11.5 Å². The van der Waals surface area contributed by atoms with E-state index >= 15 is 0 Å². The fourth-order valence-electron chi connectivity index (χ4n) is 3.61. The van der Waals surface area contributed by atoms with Gasteiger partial charge in [0, 0.05) is 5.56 Å². The van der Waals surface area contributed by atoms with Crippen molar-refractivity contribution in [3.05, 3.63) is 72.6 Å². The van der Waals surface area contributed by atoms with Crippen molar-refractivity contribution >= 4 is 11.7 Å². The van der Waals surface area contributed by atoms with Crippen LogP contribution in [0.5, 0.6) is 11.6 Å². The van der Waals surface area contributed by atoms with E-state index in [4.69, 9.17) is 9.47 Å². The molecule has 4 aromatic rings. The van der Waals surface area contributed by atoms with E-state index in [2.05, 4.69) is 25.2 Å². The van der Waals surface area contributed by atoms with Crippen LogP contribution in [0.2, 0.25) is 0 Å². The number of hydrogen-bond donors (Lipinski definition) is 1. The van der Waals surface area contributed by atoms with Crippen molar-refractivity contribution in [2.24, 2.45) is 0 Å². The summed E-state index contributed by atoms with van der Waals surface area (Å²) in [6, 6.07) is 15.3. The lowest BCUT2D eigenvalue weighted by Crippen LogP contribution is -2.43. The molecule has 2 aromatic heterocycles. The zero-order valence-corrected chi connectivity index (χ0v) is 20.6. The third-order valence-corrected chi connectivity index (χ3v) is 5.10. The number of hydrogen-bond acceptors (Lipinski definition) is 7. The Morgan fingerprint density at radius 3 is 2.43 bits per heavy atom. The predicted octanol–water partition coefficient (Wildman–Crippen LogP) is 4.91. The maximum Gasteiger partial charge on any atom is 0.408 e. The Kier molecular flexibility index (Phi) is 7.80. The fourth-order valence-corrected chi connectivity index (χ4v) is 3.61. The molecule has 1 N–H and O–H groups in total. The van der Waals surface area contributed by atoms with E-state index in [0.29, 0.717) is 29.3 Å². The first-order valence-corrected chi connectivity index (χ1v) is 11.6. The van der Waals surface area contributed by atoms with Crippen LogP contribution in [0.4, 0.5) is 13.6 Å². The number of nitrogens with one attached hydrogen (secondary N) is 1. The zero-order chi connectivity index (χ0) is 26.4. The SMILES string of the molecule is CC(C)(C)OC(=O)NC(COc1cncc2nnc(-c3ccc(OC(F)F)cc3)n12)Cc1ccccc1. The van der Waals surface area contributed by atoms with Crippen molar-refractivity contribution in [3.8, 4) is 23.0 Å². The van der Waals surface area contributed by atoms with E-state index < -0.39 is 24.3 Å². The van der Waals surface area contributed by atoms with E-state index in [-0.39, 0.29) is 12.4 Å². The molecule has 4 rings (SSSR count). The number of carbonyl (C=O) groups is 1. The molecule has 37 heavy (non-hydrogen) atoms. The van der Waals surface area contributed by atoms with Crippen LogP contribution in [-0.4, -0.2) is 50.5 Å². The first-order chi connectivity index (χ1) is 17.7. The minimum atomic E-state index is -2.91. The van der Waals surface area contributed by atoms with E-state index in [1.165, 1.54) is 24.5 Å². The van der Waals surface area contributed by atoms with Crippen LogP contribution in [0.15, 0.2) is 67.0 Å². The van der Waals surface area contributed by atoms with Gasteiger partial charge in [0.2, 0.25) is 5.88 Å². The maximum absolute atomic E-state index is 12.5. The summed E-state index contributed by atoms with van der Waals surface area (Å²) in [6.07, 6.45) is 2.99. The molecule has 2 heterocycles. The molecule has 0 fully saturated rings. The number of aromatic nitrogens is 4. The summed E-state index contributed by atoms with van der Waals surface area (Å²) in [7, 11) is 0. The van der Waals surface area contributed by atoms with E-state index in [1.807, 2.05) is 30.3 Å². The van der Waals surface area contributed by atoms with Gasteiger partial charge in [-0.05, 0) is 57.0 Å². The first kappa shape index (κ1) is 25.8. The van der Waals surface area contributed by atoms with Crippen LogP contribution in [-0.2, 0) is 11.2 Å². The third kappa shape index (κ3) is 7.12. The monoisotopic (exact) mass is 511 g/mol. The van der Waals surface area contributed by atoms with Crippen LogP contribution in [0.3, 0.4) is 0 Å². The third-order valence-electron chi connectivity index (χ3n) is 5.10. The topological polar surface area (TPSA) is 99.9 Å². The Balaban J connectivity index is 1.56. The van der Waals surface area contributed by atoms with Gasteiger partial charge in [-0.15, -0.1) is 10.2 Å². The largest absolute Gasteiger partial charge is 0.475 e. The molecule has 0 aliphatic heterocycles. The average molecular weight is 512 g/mol. The minimum Gasteiger partial charge on any atom is -0.475 e. The van der Waals surface area contributed by atoms with Crippen LogP contribution in [0.25, 0.3) is 17.0 Å². The number of benzene rings is 2. The number of ether oxygens (including phenoxy) is 3. The van der Waals surface area contributed by atoms with E-state index in [9.17, 15) is 13.6 Å². The molecule has 0 saturated heterocycles. The highest BCUT2D eigenvalue weighted by molar-refractivity contribution is 5.68. The highest BCUT2D eigenvalue weighted by Crippen LogP contribution is 2.25. The van der Waals surface area contributed by atoms with Gasteiger partial charge in [-0.1, -0.05) is 30.3 Å². The Morgan fingerprint density at radius 2 is 1.76 bits per heavy atom. The maximum atomic E-state index is 12.5. The second-order valence-corrected chi connectivity index (χ2v) is 9.21. The molecular formula is C26H27F2N5O4. The number of carbonyl (C=O) groups excluding carboxylic acids is 1. The van der Waals surface area contributed by atoms with Crippen molar-refractivity contribution in [3.63, 3.8) is 0 Å². The van der Waals surface area contributed by atoms with Gasteiger partial charge in [-0.2, -0.15) is 8.78 Å².